The molecule has 3 aromatic rings. The van der Waals surface area contributed by atoms with Crippen molar-refractivity contribution in [3.05, 3.63) is 91.9 Å². The number of carbonyl (C=O) groups excluding carboxylic acids is 1. The average Bonchev–Trinajstić information content (AvgIpc) is 2.80. The summed E-state index contributed by atoms with van der Waals surface area (Å²) in [5.74, 6) is 0.435. The van der Waals surface area contributed by atoms with Crippen LogP contribution in [0.1, 0.15) is 23.6 Å². The van der Waals surface area contributed by atoms with Crippen LogP contribution in [0.2, 0.25) is 15.1 Å². The highest BCUT2D eigenvalue weighted by molar-refractivity contribution is 6.35. The lowest BCUT2D eigenvalue weighted by Gasteiger charge is -2.13. The molecule has 0 saturated heterocycles. The highest BCUT2D eigenvalue weighted by Crippen LogP contribution is 2.31. The number of amides is 1. The van der Waals surface area contributed by atoms with Gasteiger partial charge in [0.25, 0.3) is 5.91 Å². The van der Waals surface area contributed by atoms with Crippen LogP contribution in [0.4, 0.5) is 5.69 Å². The quantitative estimate of drug-likeness (QED) is 0.249. The molecule has 0 spiro atoms. The Morgan fingerprint density at radius 1 is 1.00 bits per heavy atom. The molecule has 0 atom stereocenters. The molecule has 0 aliphatic heterocycles. The van der Waals surface area contributed by atoms with Crippen LogP contribution in [0.3, 0.4) is 0 Å². The summed E-state index contributed by atoms with van der Waals surface area (Å²) in [6, 6.07) is 17.4. The van der Waals surface area contributed by atoms with Gasteiger partial charge in [0, 0.05) is 26.3 Å². The molecule has 0 radical (unpaired) electrons. The average molecular weight is 516 g/mol. The zero-order chi connectivity index (χ0) is 24.7. The predicted octanol–water partition coefficient (Wildman–Crippen LogP) is 7.48. The minimum absolute atomic E-state index is 0.0687. The molecule has 0 heterocycles. The van der Waals surface area contributed by atoms with Crippen molar-refractivity contribution in [2.24, 2.45) is 0 Å². The Hall–Kier alpha value is -3.17. The number of carbonyl (C=O) groups is 1. The van der Waals surface area contributed by atoms with Gasteiger partial charge < -0.3 is 14.8 Å². The van der Waals surface area contributed by atoms with Crippen molar-refractivity contribution in [2.45, 2.75) is 20.5 Å². The van der Waals surface area contributed by atoms with Gasteiger partial charge >= 0.3 is 0 Å². The Labute approximate surface area is 213 Å². The van der Waals surface area contributed by atoms with Gasteiger partial charge in [-0.2, -0.15) is 5.26 Å². The molecule has 3 rings (SSSR count). The Morgan fingerprint density at radius 2 is 1.79 bits per heavy atom. The van der Waals surface area contributed by atoms with Gasteiger partial charge in [0.15, 0.2) is 11.5 Å². The Morgan fingerprint density at radius 3 is 2.47 bits per heavy atom. The third kappa shape index (κ3) is 6.68. The molecule has 3 aromatic carbocycles. The second-order valence-corrected chi connectivity index (χ2v) is 8.50. The summed E-state index contributed by atoms with van der Waals surface area (Å²) in [7, 11) is 0. The molecule has 34 heavy (non-hydrogen) atoms. The third-order valence-corrected chi connectivity index (χ3v) is 5.77. The van der Waals surface area contributed by atoms with Gasteiger partial charge in [0.2, 0.25) is 0 Å². The molecule has 0 saturated carbocycles. The van der Waals surface area contributed by atoms with E-state index >= 15 is 0 Å². The number of ether oxygens (including phenoxy) is 2. The van der Waals surface area contributed by atoms with E-state index in [1.807, 2.05) is 19.9 Å². The number of nitrogens with zero attached hydrogens (tertiary/aromatic N) is 1. The zero-order valence-electron chi connectivity index (χ0n) is 18.5. The zero-order valence-corrected chi connectivity index (χ0v) is 20.8. The smallest absolute Gasteiger partial charge is 0.266 e. The molecule has 0 unspecified atom stereocenters. The highest BCUT2D eigenvalue weighted by atomic mass is 35.5. The van der Waals surface area contributed by atoms with Gasteiger partial charge in [-0.15, -0.1) is 0 Å². The molecule has 0 fully saturated rings. The van der Waals surface area contributed by atoms with Crippen LogP contribution in [0.25, 0.3) is 6.08 Å². The lowest BCUT2D eigenvalue weighted by atomic mass is 10.1. The van der Waals surface area contributed by atoms with Crippen molar-refractivity contribution >= 4 is 52.5 Å². The van der Waals surface area contributed by atoms with E-state index in [1.54, 1.807) is 54.6 Å². The summed E-state index contributed by atoms with van der Waals surface area (Å²) in [5, 5.41) is 13.8. The number of halogens is 3. The van der Waals surface area contributed by atoms with Gasteiger partial charge in [0.1, 0.15) is 18.2 Å². The van der Waals surface area contributed by atoms with Crippen LogP contribution in [0.5, 0.6) is 11.5 Å². The molecule has 0 aliphatic carbocycles. The molecule has 5 nitrogen and oxygen atoms in total. The lowest BCUT2D eigenvalue weighted by Crippen LogP contribution is -2.13. The summed E-state index contributed by atoms with van der Waals surface area (Å²) in [6.45, 7) is 4.34. The maximum Gasteiger partial charge on any atom is 0.266 e. The van der Waals surface area contributed by atoms with Crippen LogP contribution in [-0.4, -0.2) is 12.5 Å². The third-order valence-electron chi connectivity index (χ3n) is 4.77. The maximum atomic E-state index is 12.6. The van der Waals surface area contributed by atoms with Crippen LogP contribution < -0.4 is 14.8 Å². The van der Waals surface area contributed by atoms with Gasteiger partial charge in [-0.05, 0) is 67.4 Å². The molecule has 0 aliphatic rings. The number of hydrogen-bond acceptors (Lipinski definition) is 4. The Balaban J connectivity index is 1.79. The molecule has 8 heteroatoms. The first kappa shape index (κ1) is 25.5. The van der Waals surface area contributed by atoms with Crippen LogP contribution in [0.15, 0.2) is 60.2 Å². The van der Waals surface area contributed by atoms with E-state index in [1.165, 1.54) is 6.08 Å². The Bertz CT molecular complexity index is 1280. The first-order valence-corrected chi connectivity index (χ1v) is 11.5. The van der Waals surface area contributed by atoms with E-state index < -0.39 is 5.91 Å². The van der Waals surface area contributed by atoms with Gasteiger partial charge in [-0.3, -0.25) is 4.79 Å². The summed E-state index contributed by atoms with van der Waals surface area (Å²) < 4.78 is 11.6. The second kappa shape index (κ2) is 11.8. The summed E-state index contributed by atoms with van der Waals surface area (Å²) >= 11 is 18.3. The topological polar surface area (TPSA) is 71.3 Å². The van der Waals surface area contributed by atoms with Crippen LogP contribution in [-0.2, 0) is 11.4 Å². The summed E-state index contributed by atoms with van der Waals surface area (Å²) in [5.41, 5.74) is 2.70. The number of aryl methyl sites for hydroxylation is 1. The number of anilines is 1. The van der Waals surface area contributed by atoms with E-state index in [0.717, 1.165) is 11.1 Å². The Kier molecular flexibility index (Phi) is 8.84. The standard InChI is InChI=1S/C26H21Cl3N2O3/c1-3-33-25-11-17(5-9-24(25)34-15-18-6-7-20(27)12-23(18)29)10-19(14-30)26(32)31-21-8-4-16(2)22(28)13-21/h4-13H,3,15H2,1-2H3,(H,31,32)/b19-10-. The highest BCUT2D eigenvalue weighted by Gasteiger charge is 2.13. The summed E-state index contributed by atoms with van der Waals surface area (Å²) in [6.07, 6.45) is 1.48. The fraction of sp³-hybridized carbons (Fsp3) is 0.154. The number of hydrogen-bond donors (Lipinski definition) is 1. The molecular weight excluding hydrogens is 495 g/mol. The minimum atomic E-state index is -0.543. The number of nitriles is 1. The number of benzene rings is 3. The van der Waals surface area contributed by atoms with Gasteiger partial charge in [0.05, 0.1) is 6.61 Å². The van der Waals surface area contributed by atoms with Gasteiger partial charge in [-0.1, -0.05) is 53.0 Å². The first-order chi connectivity index (χ1) is 16.3. The van der Waals surface area contributed by atoms with E-state index in [0.29, 0.717) is 44.4 Å². The minimum Gasteiger partial charge on any atom is -0.490 e. The predicted molar refractivity (Wildman–Crippen MR) is 137 cm³/mol. The number of nitrogens with one attached hydrogen (secondary N) is 1. The molecular formula is C26H21Cl3N2O3. The number of rotatable bonds is 8. The van der Waals surface area contributed by atoms with Crippen molar-refractivity contribution < 1.29 is 14.3 Å². The van der Waals surface area contributed by atoms with Crippen molar-refractivity contribution in [3.63, 3.8) is 0 Å². The van der Waals surface area contributed by atoms with Crippen molar-refractivity contribution in [1.29, 1.82) is 5.26 Å². The maximum absolute atomic E-state index is 12.6. The monoisotopic (exact) mass is 514 g/mol. The van der Waals surface area contributed by atoms with E-state index in [-0.39, 0.29) is 12.2 Å². The first-order valence-electron chi connectivity index (χ1n) is 10.3. The van der Waals surface area contributed by atoms with Gasteiger partial charge in [-0.25, -0.2) is 0 Å². The molecule has 0 bridgehead atoms. The molecule has 174 valence electrons. The van der Waals surface area contributed by atoms with Crippen LogP contribution in [0, 0.1) is 18.3 Å². The molecule has 1 amide bonds. The lowest BCUT2D eigenvalue weighted by molar-refractivity contribution is -0.112. The van der Waals surface area contributed by atoms with Crippen molar-refractivity contribution in [3.8, 4) is 17.6 Å². The van der Waals surface area contributed by atoms with E-state index in [4.69, 9.17) is 44.3 Å². The van der Waals surface area contributed by atoms with Crippen molar-refractivity contribution in [2.75, 3.05) is 11.9 Å². The second-order valence-electron chi connectivity index (χ2n) is 7.25. The van der Waals surface area contributed by atoms with Crippen molar-refractivity contribution in [1.82, 2.24) is 0 Å². The largest absolute Gasteiger partial charge is 0.490 e. The molecule has 0 aromatic heterocycles. The fourth-order valence-electron chi connectivity index (χ4n) is 2.98. The normalized spacial score (nSPS) is 11.0. The van der Waals surface area contributed by atoms with E-state index in [2.05, 4.69) is 5.32 Å². The van der Waals surface area contributed by atoms with Crippen LogP contribution >= 0.6 is 34.8 Å². The SMILES string of the molecule is CCOc1cc(/C=C(/C#N)C(=O)Nc2ccc(C)c(Cl)c2)ccc1OCc1ccc(Cl)cc1Cl. The molecule has 1 N–H and O–H groups in total. The van der Waals surface area contributed by atoms with E-state index in [9.17, 15) is 10.1 Å². The fourth-order valence-corrected chi connectivity index (χ4v) is 3.62. The summed E-state index contributed by atoms with van der Waals surface area (Å²) in [4.78, 5) is 12.6.